The third-order valence-corrected chi connectivity index (χ3v) is 2.33. The number of benzene rings is 1. The topological polar surface area (TPSA) is 30.5 Å². The van der Waals surface area contributed by atoms with E-state index in [1.807, 2.05) is 32.2 Å². The Morgan fingerprint density at radius 3 is 2.58 bits per heavy atom. The zero-order valence-corrected chi connectivity index (χ0v) is 11.0. The summed E-state index contributed by atoms with van der Waals surface area (Å²) in [5.41, 5.74) is 2.07. The molecule has 0 atom stereocenters. The minimum atomic E-state index is -4.29. The largest absolute Gasteiger partial charge is 0.491 e. The van der Waals surface area contributed by atoms with Gasteiger partial charge in [0, 0.05) is 12.1 Å². The number of hydrogen-bond acceptors (Lipinski definition) is 3. The second-order valence-corrected chi connectivity index (χ2v) is 4.16. The van der Waals surface area contributed by atoms with Crippen molar-refractivity contribution in [1.29, 1.82) is 0 Å². The number of rotatable bonds is 7. The molecule has 108 valence electrons. The van der Waals surface area contributed by atoms with Crippen LogP contribution in [0.1, 0.15) is 11.1 Å². The summed E-state index contributed by atoms with van der Waals surface area (Å²) in [6.45, 7) is 1.37. The Balaban J connectivity index is 2.40. The van der Waals surface area contributed by atoms with Gasteiger partial charge in [0.1, 0.15) is 19.0 Å². The Morgan fingerprint density at radius 1 is 1.21 bits per heavy atom. The van der Waals surface area contributed by atoms with E-state index in [1.54, 1.807) is 0 Å². The van der Waals surface area contributed by atoms with E-state index in [0.717, 1.165) is 11.1 Å². The van der Waals surface area contributed by atoms with Gasteiger partial charge in [0.2, 0.25) is 0 Å². The quantitative estimate of drug-likeness (QED) is 0.777. The van der Waals surface area contributed by atoms with Crippen molar-refractivity contribution in [2.24, 2.45) is 0 Å². The fourth-order valence-corrected chi connectivity index (χ4v) is 1.58. The fourth-order valence-electron chi connectivity index (χ4n) is 1.58. The van der Waals surface area contributed by atoms with Gasteiger partial charge in [0.25, 0.3) is 0 Å². The Hall–Kier alpha value is -1.27. The van der Waals surface area contributed by atoms with Crippen LogP contribution < -0.4 is 10.1 Å². The molecule has 3 nitrogen and oxygen atoms in total. The van der Waals surface area contributed by atoms with Crippen LogP contribution in [0.25, 0.3) is 0 Å². The molecular weight excluding hydrogens is 259 g/mol. The molecule has 0 heterocycles. The molecule has 6 heteroatoms. The normalized spacial score (nSPS) is 11.6. The highest BCUT2D eigenvalue weighted by molar-refractivity contribution is 5.36. The third kappa shape index (κ3) is 6.45. The van der Waals surface area contributed by atoms with Gasteiger partial charge in [-0.3, -0.25) is 0 Å². The summed E-state index contributed by atoms with van der Waals surface area (Å²) >= 11 is 0. The maximum Gasteiger partial charge on any atom is 0.411 e. The maximum atomic E-state index is 11.8. The second-order valence-electron chi connectivity index (χ2n) is 4.16. The molecule has 0 saturated heterocycles. The molecule has 0 spiro atoms. The number of halogens is 3. The van der Waals surface area contributed by atoms with Gasteiger partial charge < -0.3 is 14.8 Å². The molecule has 1 rings (SSSR count). The lowest BCUT2D eigenvalue weighted by Gasteiger charge is -2.13. The molecule has 1 aromatic carbocycles. The van der Waals surface area contributed by atoms with Gasteiger partial charge in [-0.2, -0.15) is 13.2 Å². The Labute approximate surface area is 110 Å². The highest BCUT2D eigenvalue weighted by Gasteiger charge is 2.27. The number of alkyl halides is 3. The monoisotopic (exact) mass is 277 g/mol. The van der Waals surface area contributed by atoms with Crippen LogP contribution in [0.4, 0.5) is 13.2 Å². The van der Waals surface area contributed by atoms with Crippen LogP contribution in [0.2, 0.25) is 0 Å². The lowest BCUT2D eigenvalue weighted by Crippen LogP contribution is -2.19. The third-order valence-electron chi connectivity index (χ3n) is 2.33. The van der Waals surface area contributed by atoms with Crippen LogP contribution in [0.15, 0.2) is 18.2 Å². The van der Waals surface area contributed by atoms with E-state index in [1.165, 1.54) is 0 Å². The SMILES string of the molecule is CNCc1cc(C)ccc1OCCOCC(F)(F)F. The average Bonchev–Trinajstić information content (AvgIpc) is 2.30. The summed E-state index contributed by atoms with van der Waals surface area (Å²) in [6.07, 6.45) is -4.29. The van der Waals surface area contributed by atoms with Crippen LogP contribution in [0.5, 0.6) is 5.75 Å². The predicted molar refractivity (Wildman–Crippen MR) is 66.3 cm³/mol. The minimum absolute atomic E-state index is 0.0909. The average molecular weight is 277 g/mol. The number of nitrogens with one attached hydrogen (secondary N) is 1. The lowest BCUT2D eigenvalue weighted by molar-refractivity contribution is -0.175. The van der Waals surface area contributed by atoms with Gasteiger partial charge in [-0.15, -0.1) is 0 Å². The van der Waals surface area contributed by atoms with Crippen molar-refractivity contribution in [1.82, 2.24) is 5.32 Å². The van der Waals surface area contributed by atoms with Crippen molar-refractivity contribution in [3.63, 3.8) is 0 Å². The molecular formula is C13H18F3NO2. The molecule has 1 N–H and O–H groups in total. The highest BCUT2D eigenvalue weighted by atomic mass is 19.4. The van der Waals surface area contributed by atoms with Gasteiger partial charge in [-0.25, -0.2) is 0 Å². The summed E-state index contributed by atoms with van der Waals surface area (Å²) in [4.78, 5) is 0. The minimum Gasteiger partial charge on any atom is -0.491 e. The van der Waals surface area contributed by atoms with Crippen LogP contribution in [0, 0.1) is 6.92 Å². The predicted octanol–water partition coefficient (Wildman–Crippen LogP) is 2.67. The van der Waals surface area contributed by atoms with E-state index in [0.29, 0.717) is 12.3 Å². The molecule has 1 aromatic rings. The molecule has 0 aliphatic heterocycles. The molecule has 0 unspecified atom stereocenters. The van der Waals surface area contributed by atoms with E-state index in [-0.39, 0.29) is 13.2 Å². The van der Waals surface area contributed by atoms with Gasteiger partial charge in [0.15, 0.2) is 0 Å². The first-order chi connectivity index (χ1) is 8.92. The molecule has 0 fully saturated rings. The fraction of sp³-hybridized carbons (Fsp3) is 0.538. The van der Waals surface area contributed by atoms with Crippen molar-refractivity contribution in [2.45, 2.75) is 19.6 Å². The van der Waals surface area contributed by atoms with E-state index >= 15 is 0 Å². The van der Waals surface area contributed by atoms with E-state index < -0.39 is 12.8 Å². The first-order valence-corrected chi connectivity index (χ1v) is 5.94. The summed E-state index contributed by atoms with van der Waals surface area (Å²) < 4.78 is 45.4. The number of ether oxygens (including phenoxy) is 2. The Kier molecular flexibility index (Phi) is 6.11. The molecule has 0 bridgehead atoms. The molecule has 0 amide bonds. The summed E-state index contributed by atoms with van der Waals surface area (Å²) in [5.74, 6) is 0.663. The van der Waals surface area contributed by atoms with Crippen LogP contribution in [-0.2, 0) is 11.3 Å². The number of hydrogen-bond donors (Lipinski definition) is 1. The first-order valence-electron chi connectivity index (χ1n) is 5.94. The van der Waals surface area contributed by atoms with Crippen molar-refractivity contribution >= 4 is 0 Å². The van der Waals surface area contributed by atoms with Gasteiger partial charge in [0.05, 0.1) is 6.61 Å². The highest BCUT2D eigenvalue weighted by Crippen LogP contribution is 2.20. The van der Waals surface area contributed by atoms with Crippen LogP contribution in [-0.4, -0.2) is 33.0 Å². The van der Waals surface area contributed by atoms with Gasteiger partial charge >= 0.3 is 6.18 Å². The Morgan fingerprint density at radius 2 is 1.95 bits per heavy atom. The van der Waals surface area contributed by atoms with Crippen molar-refractivity contribution < 1.29 is 22.6 Å². The van der Waals surface area contributed by atoms with Crippen molar-refractivity contribution in [3.05, 3.63) is 29.3 Å². The lowest BCUT2D eigenvalue weighted by atomic mass is 10.1. The van der Waals surface area contributed by atoms with Crippen molar-refractivity contribution in [2.75, 3.05) is 26.9 Å². The summed E-state index contributed by atoms with van der Waals surface area (Å²) in [7, 11) is 1.82. The van der Waals surface area contributed by atoms with E-state index in [9.17, 15) is 13.2 Å². The van der Waals surface area contributed by atoms with Gasteiger partial charge in [-0.05, 0) is 20.0 Å². The smallest absolute Gasteiger partial charge is 0.411 e. The van der Waals surface area contributed by atoms with Crippen molar-refractivity contribution in [3.8, 4) is 5.75 Å². The maximum absolute atomic E-state index is 11.8. The molecule has 0 aliphatic carbocycles. The zero-order valence-electron chi connectivity index (χ0n) is 11.0. The Bertz CT molecular complexity index is 394. The number of aryl methyl sites for hydroxylation is 1. The molecule has 0 radical (unpaired) electrons. The molecule has 0 saturated carbocycles. The molecule has 0 aromatic heterocycles. The summed E-state index contributed by atoms with van der Waals surface area (Å²) in [5, 5.41) is 3.01. The van der Waals surface area contributed by atoms with Gasteiger partial charge in [-0.1, -0.05) is 17.7 Å². The van der Waals surface area contributed by atoms with E-state index in [2.05, 4.69) is 10.1 Å². The van der Waals surface area contributed by atoms with Crippen LogP contribution in [0.3, 0.4) is 0 Å². The standard InChI is InChI=1S/C13H18F3NO2/c1-10-3-4-12(11(7-10)8-17-2)19-6-5-18-9-13(14,15)16/h3-4,7,17H,5-6,8-9H2,1-2H3. The first kappa shape index (κ1) is 15.8. The van der Waals surface area contributed by atoms with E-state index in [4.69, 9.17) is 4.74 Å². The second kappa shape index (κ2) is 7.35. The summed E-state index contributed by atoms with van der Waals surface area (Å²) in [6, 6.07) is 5.68. The van der Waals surface area contributed by atoms with Crippen LogP contribution >= 0.6 is 0 Å². The zero-order chi connectivity index (χ0) is 14.3. The molecule has 19 heavy (non-hydrogen) atoms. The molecule has 0 aliphatic rings.